The summed E-state index contributed by atoms with van der Waals surface area (Å²) in [5.41, 5.74) is 3.34. The fourth-order valence-corrected chi connectivity index (χ4v) is 4.24. The predicted molar refractivity (Wildman–Crippen MR) is 124 cm³/mol. The Morgan fingerprint density at radius 1 is 0.903 bits per heavy atom. The summed E-state index contributed by atoms with van der Waals surface area (Å²) in [7, 11) is 1.65. The Hall–Kier alpha value is -3.51. The number of nitrogens with one attached hydrogen (secondary N) is 1. The van der Waals surface area contributed by atoms with E-state index in [2.05, 4.69) is 39.8 Å². The lowest BCUT2D eigenvalue weighted by Gasteiger charge is -2.17. The molecule has 1 aromatic heterocycles. The monoisotopic (exact) mass is 429 g/mol. The van der Waals surface area contributed by atoms with E-state index in [0.717, 1.165) is 27.4 Å². The van der Waals surface area contributed by atoms with Gasteiger partial charge in [-0.2, -0.15) is 0 Å². The number of benzene rings is 3. The zero-order valence-corrected chi connectivity index (χ0v) is 18.0. The second-order valence-corrected chi connectivity index (χ2v) is 8.21. The summed E-state index contributed by atoms with van der Waals surface area (Å²) < 4.78 is 5.19. The third-order valence-corrected chi connectivity index (χ3v) is 5.86. The van der Waals surface area contributed by atoms with Crippen molar-refractivity contribution in [3.8, 4) is 5.75 Å². The number of hydrogen-bond acceptors (Lipinski definition) is 5. The van der Waals surface area contributed by atoms with E-state index in [0.29, 0.717) is 18.0 Å². The number of carbonyl (C=O) groups is 1. The van der Waals surface area contributed by atoms with Crippen LogP contribution in [0.25, 0.3) is 0 Å². The Balaban J connectivity index is 1.42. The first kappa shape index (κ1) is 20.8. The lowest BCUT2D eigenvalue weighted by atomic mass is 9.88. The molecule has 0 saturated heterocycles. The molecule has 0 aliphatic carbocycles. The SMILES string of the molecule is COc1ccc(Cc2nnc(NC(=O)CC(c3ccccc3)c3ccccc3)s2)cc1. The zero-order chi connectivity index (χ0) is 21.5. The largest absolute Gasteiger partial charge is 0.497 e. The summed E-state index contributed by atoms with van der Waals surface area (Å²) in [5, 5.41) is 12.7. The third-order valence-electron chi connectivity index (χ3n) is 5.02. The topological polar surface area (TPSA) is 64.1 Å². The van der Waals surface area contributed by atoms with Crippen LogP contribution >= 0.6 is 11.3 Å². The number of methoxy groups -OCH3 is 1. The van der Waals surface area contributed by atoms with Gasteiger partial charge in [0.25, 0.3) is 0 Å². The van der Waals surface area contributed by atoms with Gasteiger partial charge < -0.3 is 10.1 Å². The first-order chi connectivity index (χ1) is 15.2. The van der Waals surface area contributed by atoms with Crippen LogP contribution in [-0.2, 0) is 11.2 Å². The minimum Gasteiger partial charge on any atom is -0.497 e. The van der Waals surface area contributed by atoms with Crippen LogP contribution in [0.5, 0.6) is 5.75 Å². The number of rotatable bonds is 8. The molecule has 6 heteroatoms. The highest BCUT2D eigenvalue weighted by molar-refractivity contribution is 7.15. The van der Waals surface area contributed by atoms with E-state index in [1.165, 1.54) is 11.3 Å². The average molecular weight is 430 g/mol. The minimum atomic E-state index is -0.0788. The van der Waals surface area contributed by atoms with Gasteiger partial charge in [0.2, 0.25) is 11.0 Å². The zero-order valence-electron chi connectivity index (χ0n) is 17.2. The Bertz CT molecular complexity index is 1070. The Morgan fingerprint density at radius 2 is 1.52 bits per heavy atom. The molecule has 0 fully saturated rings. The maximum absolute atomic E-state index is 12.8. The van der Waals surface area contributed by atoms with E-state index < -0.39 is 0 Å². The number of ether oxygens (including phenoxy) is 1. The number of hydrogen-bond donors (Lipinski definition) is 1. The fourth-order valence-electron chi connectivity index (χ4n) is 3.45. The van der Waals surface area contributed by atoms with Crippen molar-refractivity contribution in [3.05, 3.63) is 107 Å². The Labute approximate surface area is 185 Å². The van der Waals surface area contributed by atoms with Crippen LogP contribution in [0.1, 0.15) is 34.0 Å². The summed E-state index contributed by atoms with van der Waals surface area (Å²) in [6.45, 7) is 0. The van der Waals surface area contributed by atoms with Crippen LogP contribution in [-0.4, -0.2) is 23.2 Å². The third kappa shape index (κ3) is 5.55. The van der Waals surface area contributed by atoms with Crippen LogP contribution < -0.4 is 10.1 Å². The summed E-state index contributed by atoms with van der Waals surface area (Å²) in [5.74, 6) is 0.722. The Kier molecular flexibility index (Phi) is 6.69. The highest BCUT2D eigenvalue weighted by Crippen LogP contribution is 2.29. The van der Waals surface area contributed by atoms with E-state index >= 15 is 0 Å². The van der Waals surface area contributed by atoms with Gasteiger partial charge in [0, 0.05) is 18.8 Å². The van der Waals surface area contributed by atoms with Gasteiger partial charge >= 0.3 is 0 Å². The highest BCUT2D eigenvalue weighted by atomic mass is 32.1. The summed E-state index contributed by atoms with van der Waals surface area (Å²) in [4.78, 5) is 12.8. The van der Waals surface area contributed by atoms with Gasteiger partial charge in [-0.25, -0.2) is 0 Å². The van der Waals surface area contributed by atoms with Gasteiger partial charge in [-0.1, -0.05) is 84.1 Å². The van der Waals surface area contributed by atoms with Crippen LogP contribution in [0.4, 0.5) is 5.13 Å². The van der Waals surface area contributed by atoms with E-state index in [1.54, 1.807) is 7.11 Å². The molecule has 3 aromatic carbocycles. The van der Waals surface area contributed by atoms with Crippen LogP contribution in [0.15, 0.2) is 84.9 Å². The molecular weight excluding hydrogens is 406 g/mol. The maximum atomic E-state index is 12.8. The summed E-state index contributed by atoms with van der Waals surface area (Å²) in [6.07, 6.45) is 0.996. The molecule has 4 aromatic rings. The van der Waals surface area contributed by atoms with E-state index in [9.17, 15) is 4.79 Å². The molecule has 4 rings (SSSR count). The molecule has 31 heavy (non-hydrogen) atoms. The van der Waals surface area contributed by atoms with E-state index in [1.807, 2.05) is 60.7 Å². The number of carbonyl (C=O) groups excluding carboxylic acids is 1. The van der Waals surface area contributed by atoms with Gasteiger partial charge in [0.05, 0.1) is 7.11 Å². The molecule has 0 aliphatic rings. The van der Waals surface area contributed by atoms with Crippen molar-refractivity contribution in [2.24, 2.45) is 0 Å². The predicted octanol–water partition coefficient (Wildman–Crippen LogP) is 5.30. The molecule has 5 nitrogen and oxygen atoms in total. The second kappa shape index (κ2) is 10.00. The van der Waals surface area contributed by atoms with E-state index in [4.69, 9.17) is 4.74 Å². The molecule has 1 amide bonds. The maximum Gasteiger partial charge on any atom is 0.227 e. The molecule has 0 bridgehead atoms. The second-order valence-electron chi connectivity index (χ2n) is 7.15. The molecule has 0 atom stereocenters. The molecule has 156 valence electrons. The van der Waals surface area contributed by atoms with E-state index in [-0.39, 0.29) is 11.8 Å². The van der Waals surface area contributed by atoms with Gasteiger partial charge in [0.15, 0.2) is 0 Å². The van der Waals surface area contributed by atoms with Crippen molar-refractivity contribution in [2.75, 3.05) is 12.4 Å². The number of amides is 1. The Morgan fingerprint density at radius 3 is 2.10 bits per heavy atom. The summed E-state index contributed by atoms with van der Waals surface area (Å²) >= 11 is 1.40. The van der Waals surface area contributed by atoms with Gasteiger partial charge in [-0.05, 0) is 28.8 Å². The number of nitrogens with zero attached hydrogens (tertiary/aromatic N) is 2. The molecule has 1 N–H and O–H groups in total. The van der Waals surface area contributed by atoms with Gasteiger partial charge in [-0.15, -0.1) is 10.2 Å². The van der Waals surface area contributed by atoms with Crippen molar-refractivity contribution < 1.29 is 9.53 Å². The normalized spacial score (nSPS) is 10.8. The van der Waals surface area contributed by atoms with Gasteiger partial charge in [0.1, 0.15) is 10.8 Å². The smallest absolute Gasteiger partial charge is 0.227 e. The fraction of sp³-hybridized carbons (Fsp3) is 0.160. The van der Waals surface area contributed by atoms with Crippen molar-refractivity contribution in [1.29, 1.82) is 0 Å². The molecule has 0 radical (unpaired) electrons. The number of anilines is 1. The van der Waals surface area contributed by atoms with Crippen LogP contribution in [0, 0.1) is 0 Å². The lowest BCUT2D eigenvalue weighted by Crippen LogP contribution is -2.16. The summed E-state index contributed by atoms with van der Waals surface area (Å²) in [6, 6.07) is 28.0. The van der Waals surface area contributed by atoms with Gasteiger partial charge in [-0.3, -0.25) is 4.79 Å². The first-order valence-electron chi connectivity index (χ1n) is 10.1. The minimum absolute atomic E-state index is 0.0194. The lowest BCUT2D eigenvalue weighted by molar-refractivity contribution is -0.116. The first-order valence-corrected chi connectivity index (χ1v) is 10.9. The molecule has 1 heterocycles. The molecule has 0 saturated carbocycles. The molecular formula is C25H23N3O2S. The highest BCUT2D eigenvalue weighted by Gasteiger charge is 2.19. The van der Waals surface area contributed by atoms with Crippen molar-refractivity contribution in [2.45, 2.75) is 18.8 Å². The molecule has 0 unspecified atom stereocenters. The van der Waals surface area contributed by atoms with Crippen molar-refractivity contribution >= 4 is 22.4 Å². The number of aromatic nitrogens is 2. The average Bonchev–Trinajstić information content (AvgIpc) is 3.25. The molecule has 0 spiro atoms. The standard InChI is InChI=1S/C25H23N3O2S/c1-30-21-14-12-18(13-15-21)16-24-27-28-25(31-24)26-23(29)17-22(19-8-4-2-5-9-19)20-10-6-3-7-11-20/h2-15,22H,16-17H2,1H3,(H,26,28,29). The quantitative estimate of drug-likeness (QED) is 0.413. The van der Waals surface area contributed by atoms with Crippen molar-refractivity contribution in [1.82, 2.24) is 10.2 Å². The van der Waals surface area contributed by atoms with Crippen LogP contribution in [0.2, 0.25) is 0 Å². The molecule has 0 aliphatic heterocycles. The van der Waals surface area contributed by atoms with Crippen molar-refractivity contribution in [3.63, 3.8) is 0 Å². The van der Waals surface area contributed by atoms with Crippen LogP contribution in [0.3, 0.4) is 0 Å².